The SMILES string of the molecule is CCCC(C)(CF)SSC(C)(CF)CCC. The van der Waals surface area contributed by atoms with Crippen molar-refractivity contribution < 1.29 is 8.78 Å². The van der Waals surface area contributed by atoms with Gasteiger partial charge in [0, 0.05) is 0 Å². The molecule has 0 nitrogen and oxygen atoms in total. The topological polar surface area (TPSA) is 0 Å². The van der Waals surface area contributed by atoms with Crippen molar-refractivity contribution in [1.29, 1.82) is 0 Å². The van der Waals surface area contributed by atoms with E-state index < -0.39 is 0 Å². The highest BCUT2D eigenvalue weighted by Gasteiger charge is 2.31. The minimum atomic E-state index is -0.358. The van der Waals surface area contributed by atoms with Crippen molar-refractivity contribution in [3.05, 3.63) is 0 Å². The van der Waals surface area contributed by atoms with E-state index in [9.17, 15) is 8.78 Å². The monoisotopic (exact) mass is 270 g/mol. The van der Waals surface area contributed by atoms with Gasteiger partial charge in [-0.1, -0.05) is 48.3 Å². The molecule has 0 spiro atoms. The summed E-state index contributed by atoms with van der Waals surface area (Å²) in [5, 5.41) is 0. The Morgan fingerprint density at radius 1 is 0.812 bits per heavy atom. The summed E-state index contributed by atoms with van der Waals surface area (Å²) in [6.07, 6.45) is 3.62. The quantitative estimate of drug-likeness (QED) is 0.513. The second kappa shape index (κ2) is 7.80. The number of alkyl halides is 2. The smallest absolute Gasteiger partial charge is 0.105 e. The maximum atomic E-state index is 13.0. The summed E-state index contributed by atoms with van der Waals surface area (Å²) in [6, 6.07) is 0. The van der Waals surface area contributed by atoms with Crippen LogP contribution in [0.5, 0.6) is 0 Å². The van der Waals surface area contributed by atoms with Crippen LogP contribution in [0.2, 0.25) is 0 Å². The molecule has 0 fully saturated rings. The van der Waals surface area contributed by atoms with Crippen LogP contribution in [0.25, 0.3) is 0 Å². The van der Waals surface area contributed by atoms with Gasteiger partial charge in [0.2, 0.25) is 0 Å². The fraction of sp³-hybridized carbons (Fsp3) is 1.00. The summed E-state index contributed by atoms with van der Waals surface area (Å²) in [4.78, 5) is 0. The molecule has 0 rings (SSSR count). The van der Waals surface area contributed by atoms with Crippen molar-refractivity contribution in [2.24, 2.45) is 0 Å². The molecule has 0 amide bonds. The van der Waals surface area contributed by atoms with Gasteiger partial charge in [-0.05, 0) is 26.7 Å². The number of rotatable bonds is 9. The van der Waals surface area contributed by atoms with Crippen molar-refractivity contribution in [1.82, 2.24) is 0 Å². The molecule has 2 unspecified atom stereocenters. The van der Waals surface area contributed by atoms with Crippen LogP contribution >= 0.6 is 21.6 Å². The minimum Gasteiger partial charge on any atom is -0.250 e. The minimum absolute atomic E-state index is 0.340. The molecule has 0 saturated carbocycles. The van der Waals surface area contributed by atoms with Crippen molar-refractivity contribution in [2.45, 2.75) is 62.9 Å². The first-order chi connectivity index (χ1) is 7.45. The number of hydrogen-bond acceptors (Lipinski definition) is 2. The summed E-state index contributed by atoms with van der Waals surface area (Å²) in [6.45, 7) is 7.29. The first-order valence-corrected chi connectivity index (χ1v) is 8.09. The summed E-state index contributed by atoms with van der Waals surface area (Å²) in [5.41, 5.74) is 0. The first-order valence-electron chi connectivity index (χ1n) is 5.94. The standard InChI is InChI=1S/C12H24F2S2/c1-5-7-11(3,9-13)15-16-12(4,10-14)8-6-2/h5-10H2,1-4H3. The molecule has 0 aliphatic carbocycles. The van der Waals surface area contributed by atoms with Crippen LogP contribution in [-0.4, -0.2) is 22.8 Å². The van der Waals surface area contributed by atoms with Crippen molar-refractivity contribution >= 4 is 21.6 Å². The van der Waals surface area contributed by atoms with Gasteiger partial charge in [0.15, 0.2) is 0 Å². The summed E-state index contributed by atoms with van der Waals surface area (Å²) < 4.78 is 25.2. The fourth-order valence-electron chi connectivity index (χ4n) is 1.52. The van der Waals surface area contributed by atoms with Gasteiger partial charge in [-0.25, -0.2) is 8.78 Å². The van der Waals surface area contributed by atoms with Crippen LogP contribution < -0.4 is 0 Å². The van der Waals surface area contributed by atoms with Gasteiger partial charge in [-0.15, -0.1) is 0 Å². The molecule has 0 bridgehead atoms. The predicted octanol–water partition coefficient (Wildman–Crippen LogP) is 5.42. The highest BCUT2D eigenvalue weighted by atomic mass is 33.1. The van der Waals surface area contributed by atoms with Gasteiger partial charge in [-0.3, -0.25) is 0 Å². The van der Waals surface area contributed by atoms with E-state index in [2.05, 4.69) is 13.8 Å². The van der Waals surface area contributed by atoms with E-state index in [1.807, 2.05) is 13.8 Å². The summed E-state index contributed by atoms with van der Waals surface area (Å²) in [5.74, 6) is 0. The second-order valence-corrected chi connectivity index (χ2v) is 8.14. The van der Waals surface area contributed by atoms with Gasteiger partial charge in [0.05, 0.1) is 9.49 Å². The van der Waals surface area contributed by atoms with Gasteiger partial charge >= 0.3 is 0 Å². The Kier molecular flexibility index (Phi) is 8.08. The molecule has 0 heterocycles. The largest absolute Gasteiger partial charge is 0.250 e. The van der Waals surface area contributed by atoms with Crippen LogP contribution in [0.1, 0.15) is 53.4 Å². The molecule has 0 radical (unpaired) electrons. The predicted molar refractivity (Wildman–Crippen MR) is 73.8 cm³/mol. The Morgan fingerprint density at radius 3 is 1.31 bits per heavy atom. The Bertz CT molecular complexity index is 170. The first kappa shape index (κ1) is 16.6. The lowest BCUT2D eigenvalue weighted by Gasteiger charge is -2.31. The molecule has 0 aliphatic heterocycles. The van der Waals surface area contributed by atoms with Crippen LogP contribution in [0.4, 0.5) is 8.78 Å². The highest BCUT2D eigenvalue weighted by molar-refractivity contribution is 8.77. The van der Waals surface area contributed by atoms with Gasteiger partial charge in [0.25, 0.3) is 0 Å². The second-order valence-electron chi connectivity index (χ2n) is 4.83. The van der Waals surface area contributed by atoms with Crippen LogP contribution in [0.15, 0.2) is 0 Å². The molecular formula is C12H24F2S2. The van der Waals surface area contributed by atoms with Crippen LogP contribution in [0.3, 0.4) is 0 Å². The Labute approximate surface area is 107 Å². The normalized spacial score (nSPS) is 19.1. The molecule has 0 N–H and O–H groups in total. The molecule has 0 aromatic rings. The zero-order valence-corrected chi connectivity index (χ0v) is 12.4. The molecule has 0 saturated heterocycles. The van der Waals surface area contributed by atoms with Crippen LogP contribution in [-0.2, 0) is 0 Å². The Hall–Kier alpha value is 0.560. The lowest BCUT2D eigenvalue weighted by atomic mass is 10.1. The van der Waals surface area contributed by atoms with Gasteiger partial charge in [-0.2, -0.15) is 0 Å². The number of halogens is 2. The van der Waals surface area contributed by atoms with E-state index in [4.69, 9.17) is 0 Å². The van der Waals surface area contributed by atoms with E-state index >= 15 is 0 Å². The maximum Gasteiger partial charge on any atom is 0.105 e. The number of hydrogen-bond donors (Lipinski definition) is 0. The molecule has 4 heteroatoms. The van der Waals surface area contributed by atoms with Gasteiger partial charge in [0.1, 0.15) is 13.3 Å². The molecule has 0 aromatic carbocycles. The summed E-state index contributed by atoms with van der Waals surface area (Å²) >= 11 is 0. The third-order valence-electron chi connectivity index (χ3n) is 2.57. The van der Waals surface area contributed by atoms with Crippen LogP contribution in [0, 0.1) is 0 Å². The molecule has 98 valence electrons. The summed E-state index contributed by atoms with van der Waals surface area (Å²) in [7, 11) is 3.04. The van der Waals surface area contributed by atoms with E-state index in [0.29, 0.717) is 0 Å². The average molecular weight is 270 g/mol. The fourth-order valence-corrected chi connectivity index (χ4v) is 4.56. The third-order valence-corrected chi connectivity index (χ3v) is 6.75. The van der Waals surface area contributed by atoms with Gasteiger partial charge < -0.3 is 0 Å². The molecule has 0 aliphatic rings. The van der Waals surface area contributed by atoms with E-state index in [0.717, 1.165) is 25.7 Å². The van der Waals surface area contributed by atoms with Crippen molar-refractivity contribution in [2.75, 3.05) is 13.3 Å². The maximum absolute atomic E-state index is 13.0. The highest BCUT2D eigenvalue weighted by Crippen LogP contribution is 2.47. The zero-order chi connectivity index (χ0) is 12.7. The Morgan fingerprint density at radius 2 is 1.12 bits per heavy atom. The lowest BCUT2D eigenvalue weighted by molar-refractivity contribution is 0.393. The molecule has 2 atom stereocenters. The van der Waals surface area contributed by atoms with E-state index in [-0.39, 0.29) is 22.8 Å². The van der Waals surface area contributed by atoms with Crippen molar-refractivity contribution in [3.63, 3.8) is 0 Å². The van der Waals surface area contributed by atoms with E-state index in [1.165, 1.54) is 21.6 Å². The lowest BCUT2D eigenvalue weighted by Crippen LogP contribution is -2.26. The molecular weight excluding hydrogens is 246 g/mol. The average Bonchev–Trinajstić information content (AvgIpc) is 2.27. The molecule has 16 heavy (non-hydrogen) atoms. The van der Waals surface area contributed by atoms with E-state index in [1.54, 1.807) is 0 Å². The van der Waals surface area contributed by atoms with Crippen molar-refractivity contribution in [3.8, 4) is 0 Å². The zero-order valence-electron chi connectivity index (χ0n) is 10.8. The molecule has 0 aromatic heterocycles. The Balaban J connectivity index is 4.26. The third kappa shape index (κ3) is 5.76.